The Morgan fingerprint density at radius 2 is 1.75 bits per heavy atom. The lowest BCUT2D eigenvalue weighted by Gasteiger charge is -2.16. The summed E-state index contributed by atoms with van der Waals surface area (Å²) in [4.78, 5) is 0. The van der Waals surface area contributed by atoms with Crippen molar-refractivity contribution in [2.45, 2.75) is 33.6 Å². The normalized spacial score (nSPS) is 12.2. The van der Waals surface area contributed by atoms with Gasteiger partial charge in [-0.3, -0.25) is 0 Å². The van der Waals surface area contributed by atoms with Crippen molar-refractivity contribution in [1.29, 1.82) is 0 Å². The maximum Gasteiger partial charge on any atom is 0.148 e. The second kappa shape index (κ2) is 5.90. The third kappa shape index (κ3) is 3.26. The number of aromatic nitrogens is 2. The van der Waals surface area contributed by atoms with Crippen molar-refractivity contribution in [3.8, 4) is 5.75 Å². The van der Waals surface area contributed by atoms with Crippen LogP contribution in [0.4, 0.5) is 5.82 Å². The first-order valence-electron chi connectivity index (χ1n) is 6.81. The molecule has 0 aliphatic rings. The fourth-order valence-corrected chi connectivity index (χ4v) is 2.14. The molecule has 2 rings (SSSR count). The Labute approximate surface area is 119 Å². The maximum absolute atomic E-state index is 9.81. The molecule has 0 fully saturated rings. The molecule has 0 bridgehead atoms. The molecule has 0 radical (unpaired) electrons. The second-order valence-electron chi connectivity index (χ2n) is 5.35. The summed E-state index contributed by atoms with van der Waals surface area (Å²) in [5.41, 5.74) is 3.96. The summed E-state index contributed by atoms with van der Waals surface area (Å²) in [5, 5.41) is 21.2. The van der Waals surface area contributed by atoms with E-state index in [4.69, 9.17) is 0 Å². The van der Waals surface area contributed by atoms with E-state index in [9.17, 15) is 5.11 Å². The van der Waals surface area contributed by atoms with Crippen LogP contribution in [0.3, 0.4) is 0 Å². The minimum absolute atomic E-state index is 0.330. The van der Waals surface area contributed by atoms with Crippen LogP contribution in [0, 0.1) is 20.8 Å². The summed E-state index contributed by atoms with van der Waals surface area (Å²) >= 11 is 0. The average Bonchev–Trinajstić information content (AvgIpc) is 2.43. The number of rotatable bonds is 4. The molecule has 0 aliphatic carbocycles. The molecule has 2 N–H and O–H groups in total. The molecule has 0 spiro atoms. The molecule has 4 nitrogen and oxygen atoms in total. The van der Waals surface area contributed by atoms with Gasteiger partial charge in [0, 0.05) is 6.54 Å². The Balaban J connectivity index is 2.05. The zero-order chi connectivity index (χ0) is 14.7. The minimum Gasteiger partial charge on any atom is -0.507 e. The van der Waals surface area contributed by atoms with Crippen LogP contribution in [0.1, 0.15) is 35.2 Å². The van der Waals surface area contributed by atoms with Gasteiger partial charge in [-0.2, -0.15) is 5.10 Å². The van der Waals surface area contributed by atoms with Crippen molar-refractivity contribution in [3.05, 3.63) is 46.6 Å². The number of aromatic hydroxyl groups is 1. The first kappa shape index (κ1) is 14.3. The highest BCUT2D eigenvalue weighted by Gasteiger charge is 2.10. The summed E-state index contributed by atoms with van der Waals surface area (Å²) in [6.45, 7) is 8.71. The van der Waals surface area contributed by atoms with E-state index in [1.54, 1.807) is 0 Å². The predicted molar refractivity (Wildman–Crippen MR) is 81.3 cm³/mol. The minimum atomic E-state index is 0.330. The van der Waals surface area contributed by atoms with Gasteiger partial charge in [-0.1, -0.05) is 19.1 Å². The largest absolute Gasteiger partial charge is 0.507 e. The van der Waals surface area contributed by atoms with Crippen molar-refractivity contribution in [3.63, 3.8) is 0 Å². The van der Waals surface area contributed by atoms with E-state index in [1.807, 2.05) is 45.0 Å². The van der Waals surface area contributed by atoms with Crippen LogP contribution in [0.2, 0.25) is 0 Å². The molecule has 1 unspecified atom stereocenters. The van der Waals surface area contributed by atoms with Gasteiger partial charge >= 0.3 is 0 Å². The number of benzene rings is 1. The first-order valence-corrected chi connectivity index (χ1v) is 6.81. The molecule has 2 aromatic rings. The molecule has 1 aromatic carbocycles. The van der Waals surface area contributed by atoms with Gasteiger partial charge in [-0.25, -0.2) is 0 Å². The van der Waals surface area contributed by atoms with Crippen molar-refractivity contribution in [2.24, 2.45) is 0 Å². The van der Waals surface area contributed by atoms with Gasteiger partial charge in [-0.05, 0) is 55.5 Å². The average molecular weight is 271 g/mol. The fourth-order valence-electron chi connectivity index (χ4n) is 2.14. The molecule has 0 aliphatic heterocycles. The Hall–Kier alpha value is -2.10. The molecular weight excluding hydrogens is 250 g/mol. The zero-order valence-corrected chi connectivity index (χ0v) is 12.4. The first-order chi connectivity index (χ1) is 9.47. The molecule has 1 atom stereocenters. The smallest absolute Gasteiger partial charge is 0.148 e. The van der Waals surface area contributed by atoms with Crippen LogP contribution in [-0.4, -0.2) is 21.8 Å². The highest BCUT2D eigenvalue weighted by molar-refractivity contribution is 5.43. The predicted octanol–water partition coefficient (Wildman–Crippen LogP) is 3.32. The molecule has 1 aromatic heterocycles. The summed E-state index contributed by atoms with van der Waals surface area (Å²) in [7, 11) is 0. The number of hydrogen-bond acceptors (Lipinski definition) is 4. The molecule has 1 heterocycles. The lowest BCUT2D eigenvalue weighted by molar-refractivity contribution is 0.466. The van der Waals surface area contributed by atoms with Crippen LogP contribution >= 0.6 is 0 Å². The van der Waals surface area contributed by atoms with E-state index >= 15 is 0 Å². The number of hydrogen-bond donors (Lipinski definition) is 2. The Morgan fingerprint density at radius 3 is 2.30 bits per heavy atom. The molecule has 4 heteroatoms. The van der Waals surface area contributed by atoms with Crippen LogP contribution in [0.25, 0.3) is 0 Å². The standard InChI is InChI=1S/C16H21N3O/c1-10-7-14(8-11(2)16(10)20)12(3)9-17-15-6-5-13(4)18-19-15/h5-8,12,20H,9H2,1-4H3,(H,17,19). The molecule has 0 saturated carbocycles. The summed E-state index contributed by atoms with van der Waals surface area (Å²) in [6, 6.07) is 7.95. The van der Waals surface area contributed by atoms with Crippen molar-refractivity contribution in [1.82, 2.24) is 10.2 Å². The lowest BCUT2D eigenvalue weighted by Crippen LogP contribution is -2.11. The van der Waals surface area contributed by atoms with Gasteiger partial charge in [0.15, 0.2) is 0 Å². The third-order valence-electron chi connectivity index (χ3n) is 3.47. The fraction of sp³-hybridized carbons (Fsp3) is 0.375. The van der Waals surface area contributed by atoms with Crippen LogP contribution in [0.5, 0.6) is 5.75 Å². The lowest BCUT2D eigenvalue weighted by atomic mass is 9.96. The van der Waals surface area contributed by atoms with Crippen molar-refractivity contribution >= 4 is 5.82 Å². The Kier molecular flexibility index (Phi) is 4.23. The SMILES string of the molecule is Cc1ccc(NCC(C)c2cc(C)c(O)c(C)c2)nn1. The zero-order valence-electron chi connectivity index (χ0n) is 12.4. The van der Waals surface area contributed by atoms with E-state index in [-0.39, 0.29) is 0 Å². The maximum atomic E-state index is 9.81. The van der Waals surface area contributed by atoms with Gasteiger partial charge in [0.2, 0.25) is 0 Å². The van der Waals surface area contributed by atoms with Gasteiger partial charge in [0.05, 0.1) is 5.69 Å². The van der Waals surface area contributed by atoms with E-state index in [0.717, 1.165) is 29.2 Å². The summed E-state index contributed by atoms with van der Waals surface area (Å²) in [6.07, 6.45) is 0. The van der Waals surface area contributed by atoms with Crippen LogP contribution < -0.4 is 5.32 Å². The molecule has 106 valence electrons. The third-order valence-corrected chi connectivity index (χ3v) is 3.47. The molecular formula is C16H21N3O. The number of aryl methyl sites for hydroxylation is 3. The Bertz CT molecular complexity index is 570. The number of phenols is 1. The number of nitrogens with zero attached hydrogens (tertiary/aromatic N) is 2. The van der Waals surface area contributed by atoms with Gasteiger partial charge in [0.1, 0.15) is 11.6 Å². The summed E-state index contributed by atoms with van der Waals surface area (Å²) < 4.78 is 0. The quantitative estimate of drug-likeness (QED) is 0.895. The van der Waals surface area contributed by atoms with Gasteiger partial charge in [0.25, 0.3) is 0 Å². The van der Waals surface area contributed by atoms with Crippen LogP contribution in [-0.2, 0) is 0 Å². The Morgan fingerprint density at radius 1 is 1.10 bits per heavy atom. The monoisotopic (exact) mass is 271 g/mol. The molecule has 20 heavy (non-hydrogen) atoms. The highest BCUT2D eigenvalue weighted by Crippen LogP contribution is 2.27. The number of nitrogens with one attached hydrogen (secondary N) is 1. The molecule has 0 saturated heterocycles. The topological polar surface area (TPSA) is 58.0 Å². The van der Waals surface area contributed by atoms with Gasteiger partial charge in [-0.15, -0.1) is 5.10 Å². The highest BCUT2D eigenvalue weighted by atomic mass is 16.3. The van der Waals surface area contributed by atoms with E-state index < -0.39 is 0 Å². The van der Waals surface area contributed by atoms with Crippen LogP contribution in [0.15, 0.2) is 24.3 Å². The van der Waals surface area contributed by atoms with E-state index in [1.165, 1.54) is 5.56 Å². The molecule has 0 amide bonds. The number of anilines is 1. The summed E-state index contributed by atoms with van der Waals surface area (Å²) in [5.74, 6) is 1.50. The van der Waals surface area contributed by atoms with Crippen molar-refractivity contribution < 1.29 is 5.11 Å². The van der Waals surface area contributed by atoms with Crippen molar-refractivity contribution in [2.75, 3.05) is 11.9 Å². The second-order valence-corrected chi connectivity index (χ2v) is 5.35. The van der Waals surface area contributed by atoms with E-state index in [0.29, 0.717) is 11.7 Å². The van der Waals surface area contributed by atoms with Gasteiger partial charge < -0.3 is 10.4 Å². The number of phenolic OH excluding ortho intramolecular Hbond substituents is 1. The van der Waals surface area contributed by atoms with E-state index in [2.05, 4.69) is 22.4 Å².